The molecule has 0 saturated heterocycles. The number of rotatable bonds is 3. The van der Waals surface area contributed by atoms with Crippen LogP contribution in [0.3, 0.4) is 0 Å². The van der Waals surface area contributed by atoms with Crippen LogP contribution in [0.4, 0.5) is 0 Å². The number of aliphatic carboxylic acids is 1. The van der Waals surface area contributed by atoms with Crippen LogP contribution < -0.4 is 0 Å². The van der Waals surface area contributed by atoms with Crippen LogP contribution in [0, 0.1) is 35.5 Å². The second kappa shape index (κ2) is 6.71. The zero-order valence-corrected chi connectivity index (χ0v) is 18.9. The lowest BCUT2D eigenvalue weighted by molar-refractivity contribution is -0.210. The van der Waals surface area contributed by atoms with Crippen molar-refractivity contribution in [2.24, 2.45) is 35.5 Å². The summed E-state index contributed by atoms with van der Waals surface area (Å²) in [6, 6.07) is 16.2. The van der Waals surface area contributed by atoms with E-state index in [1.807, 2.05) is 36.4 Å². The fourth-order valence-electron chi connectivity index (χ4n) is 8.83. The molecule has 7 aliphatic rings. The van der Waals surface area contributed by atoms with Gasteiger partial charge in [-0.05, 0) is 85.0 Å². The van der Waals surface area contributed by atoms with Gasteiger partial charge in [0.2, 0.25) is 0 Å². The Morgan fingerprint density at radius 3 is 1.61 bits per heavy atom. The molecule has 2 atom stereocenters. The lowest BCUT2D eigenvalue weighted by Gasteiger charge is -2.59. The molecule has 0 amide bonds. The molecule has 7 aliphatic carbocycles. The van der Waals surface area contributed by atoms with Crippen molar-refractivity contribution in [1.82, 2.24) is 0 Å². The minimum Gasteiger partial charge on any atom is -0.481 e. The highest BCUT2D eigenvalue weighted by Gasteiger charge is 2.60. The lowest BCUT2D eigenvalue weighted by atomic mass is 9.50. The second-order valence-corrected chi connectivity index (χ2v) is 11.5. The van der Waals surface area contributed by atoms with E-state index in [0.717, 1.165) is 59.8 Å². The summed E-state index contributed by atoms with van der Waals surface area (Å²) < 4.78 is 6.52. The molecule has 0 radical (unpaired) electrons. The van der Waals surface area contributed by atoms with Crippen molar-refractivity contribution in [3.05, 3.63) is 70.8 Å². The number of benzene rings is 2. The Balaban J connectivity index is 1.31. The molecular weight excluding hydrogens is 412 g/mol. The van der Waals surface area contributed by atoms with E-state index in [-0.39, 0.29) is 17.8 Å². The minimum atomic E-state index is -0.897. The van der Waals surface area contributed by atoms with Gasteiger partial charge < -0.3 is 9.84 Å². The second-order valence-electron chi connectivity index (χ2n) is 11.5. The number of hydrogen-bond donors (Lipinski definition) is 1. The van der Waals surface area contributed by atoms with Crippen molar-refractivity contribution in [3.63, 3.8) is 0 Å². The third kappa shape index (κ3) is 2.58. The van der Waals surface area contributed by atoms with Crippen LogP contribution in [0.2, 0.25) is 0 Å². The van der Waals surface area contributed by atoms with Crippen LogP contribution in [0.5, 0.6) is 0 Å². The van der Waals surface area contributed by atoms with Crippen LogP contribution in [0.1, 0.15) is 73.1 Å². The van der Waals surface area contributed by atoms with Gasteiger partial charge in [-0.1, -0.05) is 48.5 Å². The smallest absolute Gasteiger partial charge is 0.311 e. The number of hydrogen-bond acceptors (Lipinski definition) is 3. The molecule has 4 nitrogen and oxygen atoms in total. The van der Waals surface area contributed by atoms with Gasteiger partial charge in [-0.3, -0.25) is 9.59 Å². The molecule has 6 bridgehead atoms. The van der Waals surface area contributed by atoms with Gasteiger partial charge in [0.15, 0.2) is 0 Å². The number of esters is 1. The van der Waals surface area contributed by atoms with Gasteiger partial charge in [0.1, 0.15) is 5.60 Å². The van der Waals surface area contributed by atoms with Crippen molar-refractivity contribution < 1.29 is 19.4 Å². The first kappa shape index (κ1) is 19.8. The van der Waals surface area contributed by atoms with Gasteiger partial charge in [-0.2, -0.15) is 0 Å². The number of carbonyl (C=O) groups is 2. The van der Waals surface area contributed by atoms with Crippen LogP contribution in [0.15, 0.2) is 48.5 Å². The predicted molar refractivity (Wildman–Crippen MR) is 123 cm³/mol. The Morgan fingerprint density at radius 2 is 1.18 bits per heavy atom. The Morgan fingerprint density at radius 1 is 0.758 bits per heavy atom. The summed E-state index contributed by atoms with van der Waals surface area (Å²) in [6.07, 6.45) is 5.96. The van der Waals surface area contributed by atoms with E-state index in [9.17, 15) is 14.7 Å². The SMILES string of the molecule is CC1(OC(=O)C2C3c4ccccc4C(c4ccccc43)C2C(=O)O)C2CC3CC(C2)CC1C3. The van der Waals surface area contributed by atoms with Crippen LogP contribution in [-0.4, -0.2) is 22.6 Å². The summed E-state index contributed by atoms with van der Waals surface area (Å²) in [6.45, 7) is 2.15. The first-order valence-electron chi connectivity index (χ1n) is 12.6. The molecule has 1 N–H and O–H groups in total. The molecule has 0 spiro atoms. The molecule has 2 aromatic carbocycles. The molecule has 0 heterocycles. The molecular formula is C29H30O4. The van der Waals surface area contributed by atoms with Crippen molar-refractivity contribution in [2.75, 3.05) is 0 Å². The summed E-state index contributed by atoms with van der Waals surface area (Å²) in [5.74, 6) is -0.851. The molecule has 4 saturated carbocycles. The maximum absolute atomic E-state index is 14.0. The highest BCUT2D eigenvalue weighted by atomic mass is 16.6. The highest BCUT2D eigenvalue weighted by Crippen LogP contribution is 2.62. The number of fused-ring (bicyclic) bond motifs is 1. The van der Waals surface area contributed by atoms with Gasteiger partial charge in [-0.25, -0.2) is 0 Å². The van der Waals surface area contributed by atoms with Gasteiger partial charge in [0.05, 0.1) is 11.8 Å². The van der Waals surface area contributed by atoms with Crippen LogP contribution in [-0.2, 0) is 14.3 Å². The maximum atomic E-state index is 14.0. The van der Waals surface area contributed by atoms with Crippen LogP contribution >= 0.6 is 0 Å². The molecule has 170 valence electrons. The number of ether oxygens (including phenoxy) is 1. The van der Waals surface area contributed by atoms with E-state index < -0.39 is 23.4 Å². The quantitative estimate of drug-likeness (QED) is 0.651. The topological polar surface area (TPSA) is 63.6 Å². The predicted octanol–water partition coefficient (Wildman–Crippen LogP) is 5.35. The monoisotopic (exact) mass is 442 g/mol. The van der Waals surface area contributed by atoms with Crippen molar-refractivity contribution in [3.8, 4) is 0 Å². The Bertz CT molecular complexity index is 1090. The third-order valence-electron chi connectivity index (χ3n) is 10.1. The van der Waals surface area contributed by atoms with Crippen molar-refractivity contribution >= 4 is 11.9 Å². The first-order valence-corrected chi connectivity index (χ1v) is 12.6. The summed E-state index contributed by atoms with van der Waals surface area (Å²) >= 11 is 0. The highest BCUT2D eigenvalue weighted by molar-refractivity contribution is 5.87. The fourth-order valence-corrected chi connectivity index (χ4v) is 8.83. The summed E-state index contributed by atoms with van der Waals surface area (Å²) in [5, 5.41) is 10.4. The van der Waals surface area contributed by atoms with E-state index in [4.69, 9.17) is 4.74 Å². The number of carboxylic acids is 1. The number of carbonyl (C=O) groups excluding carboxylic acids is 1. The molecule has 2 unspecified atom stereocenters. The average Bonchev–Trinajstić information content (AvgIpc) is 2.81. The van der Waals surface area contributed by atoms with Gasteiger partial charge in [-0.15, -0.1) is 0 Å². The van der Waals surface area contributed by atoms with Gasteiger partial charge in [0, 0.05) is 11.8 Å². The van der Waals surface area contributed by atoms with E-state index in [0.29, 0.717) is 11.8 Å². The molecule has 33 heavy (non-hydrogen) atoms. The zero-order valence-electron chi connectivity index (χ0n) is 18.9. The molecule has 9 rings (SSSR count). The fraction of sp³-hybridized carbons (Fsp3) is 0.517. The van der Waals surface area contributed by atoms with E-state index >= 15 is 0 Å². The molecule has 4 fully saturated rings. The maximum Gasteiger partial charge on any atom is 0.311 e. The first-order chi connectivity index (χ1) is 16.0. The summed E-state index contributed by atoms with van der Waals surface area (Å²) in [7, 11) is 0. The van der Waals surface area contributed by atoms with Gasteiger partial charge in [0.25, 0.3) is 0 Å². The van der Waals surface area contributed by atoms with Gasteiger partial charge >= 0.3 is 11.9 Å². The molecule has 0 aliphatic heterocycles. The van der Waals surface area contributed by atoms with E-state index in [2.05, 4.69) is 19.1 Å². The molecule has 0 aromatic heterocycles. The largest absolute Gasteiger partial charge is 0.481 e. The minimum absolute atomic E-state index is 0.267. The normalized spacial score (nSPS) is 41.4. The van der Waals surface area contributed by atoms with Crippen molar-refractivity contribution in [1.29, 1.82) is 0 Å². The standard InChI is InChI=1S/C29H30O4/c1-29(17-11-15-10-16(13-17)14-18(29)12-15)33-28(32)26-24-21-8-4-2-6-19(21)23(25(26)27(30)31)20-7-3-5-9-22(20)24/h2-9,15-18,23-26H,10-14H2,1H3,(H,30,31). The Hall–Kier alpha value is -2.62. The summed E-state index contributed by atoms with van der Waals surface area (Å²) in [4.78, 5) is 26.7. The Labute approximate surface area is 194 Å². The van der Waals surface area contributed by atoms with Crippen LogP contribution in [0.25, 0.3) is 0 Å². The Kier molecular flexibility index (Phi) is 4.03. The summed E-state index contributed by atoms with van der Waals surface area (Å²) in [5.41, 5.74) is 3.84. The number of carboxylic acid groups (broad SMARTS) is 1. The van der Waals surface area contributed by atoms with Crippen molar-refractivity contribution in [2.45, 2.75) is 56.5 Å². The molecule has 4 heteroatoms. The van der Waals surface area contributed by atoms with E-state index in [1.165, 1.54) is 6.42 Å². The lowest BCUT2D eigenvalue weighted by Crippen LogP contribution is -2.59. The zero-order chi connectivity index (χ0) is 22.5. The average molecular weight is 443 g/mol. The van der Waals surface area contributed by atoms with E-state index in [1.54, 1.807) is 0 Å². The third-order valence-corrected chi connectivity index (χ3v) is 10.1. The molecule has 2 aromatic rings.